The zero-order valence-electron chi connectivity index (χ0n) is 19.6. The highest BCUT2D eigenvalue weighted by atomic mass is 19.4. The molecule has 0 radical (unpaired) electrons. The van der Waals surface area contributed by atoms with Crippen LogP contribution in [0.15, 0.2) is 53.1 Å². The summed E-state index contributed by atoms with van der Waals surface area (Å²) in [6.07, 6.45) is -10.2. The van der Waals surface area contributed by atoms with Crippen LogP contribution in [-0.2, 0) is 23.9 Å². The van der Waals surface area contributed by atoms with E-state index < -0.39 is 35.7 Å². The lowest BCUT2D eigenvalue weighted by Gasteiger charge is -2.21. The average Bonchev–Trinajstić information content (AvgIpc) is 3.42. The summed E-state index contributed by atoms with van der Waals surface area (Å²) in [4.78, 5) is 15.8. The Morgan fingerprint density at radius 1 is 1.14 bits per heavy atom. The van der Waals surface area contributed by atoms with Gasteiger partial charge in [0.05, 0.1) is 5.56 Å². The molecule has 1 amide bonds. The van der Waals surface area contributed by atoms with Crippen molar-refractivity contribution in [1.82, 2.24) is 9.55 Å². The molecule has 6 nitrogen and oxygen atoms in total. The van der Waals surface area contributed by atoms with Crippen LogP contribution in [-0.4, -0.2) is 27.7 Å². The molecule has 2 heterocycles. The van der Waals surface area contributed by atoms with Crippen LogP contribution in [0.25, 0.3) is 33.6 Å². The molecular formula is C25H21F6N3O3. The van der Waals surface area contributed by atoms with Crippen molar-refractivity contribution in [2.75, 3.05) is 0 Å². The molecule has 4 rings (SSSR count). The average molecular weight is 525 g/mol. The van der Waals surface area contributed by atoms with Crippen LogP contribution in [0.2, 0.25) is 0 Å². The molecule has 0 saturated carbocycles. The van der Waals surface area contributed by atoms with E-state index in [-0.39, 0.29) is 18.0 Å². The summed E-state index contributed by atoms with van der Waals surface area (Å²) in [5, 5.41) is 0.721. The number of oxazole rings is 1. The fourth-order valence-corrected chi connectivity index (χ4v) is 3.91. The molecule has 1 unspecified atom stereocenters. The lowest BCUT2D eigenvalue weighted by Crippen LogP contribution is -2.31. The minimum absolute atomic E-state index is 0.0424. The smallest absolute Gasteiger partial charge is 0.425 e. The SMILES string of the molecule is CCc1oc(-c2ccc(OC(C)C(F)(F)F)c(C(F)(F)F)c2)nc1-c1cccc2c1ccn2CC(N)=O. The quantitative estimate of drug-likeness (QED) is 0.285. The van der Waals surface area contributed by atoms with E-state index in [1.165, 1.54) is 0 Å². The van der Waals surface area contributed by atoms with Crippen LogP contribution in [0, 0.1) is 0 Å². The van der Waals surface area contributed by atoms with E-state index in [4.69, 9.17) is 10.2 Å². The molecule has 2 aromatic heterocycles. The predicted molar refractivity (Wildman–Crippen MR) is 123 cm³/mol. The maximum atomic E-state index is 13.7. The molecular weight excluding hydrogens is 504 g/mol. The first kappa shape index (κ1) is 26.1. The van der Waals surface area contributed by atoms with Gasteiger partial charge in [-0.3, -0.25) is 4.79 Å². The summed E-state index contributed by atoms with van der Waals surface area (Å²) in [7, 11) is 0. The third kappa shape index (κ3) is 5.27. The number of aromatic nitrogens is 2. The molecule has 2 N–H and O–H groups in total. The first-order chi connectivity index (χ1) is 17.3. The van der Waals surface area contributed by atoms with Gasteiger partial charge in [0.1, 0.15) is 23.7 Å². The molecule has 2 aromatic carbocycles. The number of fused-ring (bicyclic) bond motifs is 1. The number of primary amides is 1. The molecule has 0 spiro atoms. The van der Waals surface area contributed by atoms with Crippen LogP contribution >= 0.6 is 0 Å². The molecule has 0 saturated heterocycles. The molecule has 0 aliphatic rings. The maximum Gasteiger partial charge on any atom is 0.425 e. The Bertz CT molecular complexity index is 1450. The fraction of sp³-hybridized carbons (Fsp3) is 0.280. The lowest BCUT2D eigenvalue weighted by atomic mass is 10.0. The van der Waals surface area contributed by atoms with Crippen LogP contribution in [0.5, 0.6) is 5.75 Å². The molecule has 0 aliphatic heterocycles. The number of hydrogen-bond acceptors (Lipinski definition) is 4. The van der Waals surface area contributed by atoms with Crippen molar-refractivity contribution in [3.63, 3.8) is 0 Å². The van der Waals surface area contributed by atoms with Crippen molar-refractivity contribution < 1.29 is 40.3 Å². The Morgan fingerprint density at radius 3 is 2.49 bits per heavy atom. The Hall–Kier alpha value is -3.96. The van der Waals surface area contributed by atoms with E-state index in [1.54, 1.807) is 42.0 Å². The van der Waals surface area contributed by atoms with Crippen molar-refractivity contribution in [2.24, 2.45) is 5.73 Å². The van der Waals surface area contributed by atoms with Crippen molar-refractivity contribution >= 4 is 16.8 Å². The molecule has 0 aliphatic carbocycles. The number of amides is 1. The van der Waals surface area contributed by atoms with Crippen LogP contribution in [0.4, 0.5) is 26.3 Å². The summed E-state index contributed by atoms with van der Waals surface area (Å²) < 4.78 is 91.8. The molecule has 12 heteroatoms. The first-order valence-corrected chi connectivity index (χ1v) is 11.1. The number of nitrogens with zero attached hydrogens (tertiary/aromatic N) is 2. The molecule has 0 bridgehead atoms. The number of carbonyl (C=O) groups is 1. The third-order valence-corrected chi connectivity index (χ3v) is 5.71. The van der Waals surface area contributed by atoms with Gasteiger partial charge < -0.3 is 19.5 Å². The Balaban J connectivity index is 1.79. The van der Waals surface area contributed by atoms with E-state index in [0.717, 1.165) is 17.5 Å². The summed E-state index contributed by atoms with van der Waals surface area (Å²) in [5.41, 5.74) is 5.55. The highest BCUT2D eigenvalue weighted by molar-refractivity contribution is 5.96. The van der Waals surface area contributed by atoms with Gasteiger partial charge in [0.2, 0.25) is 11.8 Å². The Kier molecular flexibility index (Phi) is 6.70. The molecule has 37 heavy (non-hydrogen) atoms. The number of ether oxygens (including phenoxy) is 1. The zero-order valence-corrected chi connectivity index (χ0v) is 19.6. The van der Waals surface area contributed by atoms with Gasteiger partial charge in [0, 0.05) is 34.6 Å². The van der Waals surface area contributed by atoms with Crippen LogP contribution < -0.4 is 10.5 Å². The predicted octanol–water partition coefficient (Wildman–Crippen LogP) is 6.36. The van der Waals surface area contributed by atoms with Crippen molar-refractivity contribution in [2.45, 2.75) is 45.3 Å². The van der Waals surface area contributed by atoms with E-state index in [2.05, 4.69) is 9.72 Å². The Labute approximate surface area is 206 Å². The lowest BCUT2D eigenvalue weighted by molar-refractivity contribution is -0.191. The highest BCUT2D eigenvalue weighted by Crippen LogP contribution is 2.41. The molecule has 0 fully saturated rings. The number of hydrogen-bond donors (Lipinski definition) is 1. The highest BCUT2D eigenvalue weighted by Gasteiger charge is 2.41. The summed E-state index contributed by atoms with van der Waals surface area (Å²) in [5.74, 6) is -1.23. The van der Waals surface area contributed by atoms with Gasteiger partial charge in [-0.15, -0.1) is 0 Å². The second kappa shape index (κ2) is 9.49. The van der Waals surface area contributed by atoms with Crippen molar-refractivity contribution in [3.8, 4) is 28.5 Å². The second-order valence-corrected chi connectivity index (χ2v) is 8.30. The van der Waals surface area contributed by atoms with Crippen LogP contribution in [0.1, 0.15) is 25.2 Å². The summed E-state index contributed by atoms with van der Waals surface area (Å²) in [6.45, 7) is 2.36. The molecule has 4 aromatic rings. The summed E-state index contributed by atoms with van der Waals surface area (Å²) >= 11 is 0. The normalized spacial score (nSPS) is 13.2. The van der Waals surface area contributed by atoms with E-state index in [1.807, 2.05) is 0 Å². The molecule has 1 atom stereocenters. The number of nitrogens with two attached hydrogens (primary N) is 1. The number of benzene rings is 2. The minimum Gasteiger partial charge on any atom is -0.481 e. The van der Waals surface area contributed by atoms with Gasteiger partial charge in [-0.1, -0.05) is 19.1 Å². The number of aryl methyl sites for hydroxylation is 1. The zero-order chi connectivity index (χ0) is 27.1. The number of halogens is 6. The second-order valence-electron chi connectivity index (χ2n) is 8.30. The van der Waals surface area contributed by atoms with Gasteiger partial charge in [0.15, 0.2) is 6.10 Å². The standard InChI is InChI=1S/C25H21F6N3O3/c1-3-19-22(16-5-4-6-18-15(16)9-10-34(18)12-21(32)35)33-23(37-19)14-7-8-20(17(11-14)25(29,30)31)36-13(2)24(26,27)28/h4-11,13H,3,12H2,1-2H3,(H2,32,35). The first-order valence-electron chi connectivity index (χ1n) is 11.1. The van der Waals surface area contributed by atoms with Crippen molar-refractivity contribution in [1.29, 1.82) is 0 Å². The van der Waals surface area contributed by atoms with Gasteiger partial charge in [-0.25, -0.2) is 4.98 Å². The van der Waals surface area contributed by atoms with Gasteiger partial charge >= 0.3 is 12.4 Å². The van der Waals surface area contributed by atoms with Gasteiger partial charge in [-0.2, -0.15) is 26.3 Å². The van der Waals surface area contributed by atoms with Gasteiger partial charge in [0.25, 0.3) is 0 Å². The number of rotatable bonds is 7. The number of alkyl halides is 6. The van der Waals surface area contributed by atoms with Crippen LogP contribution in [0.3, 0.4) is 0 Å². The summed E-state index contributed by atoms with van der Waals surface area (Å²) in [6, 6.07) is 9.67. The third-order valence-electron chi connectivity index (χ3n) is 5.71. The largest absolute Gasteiger partial charge is 0.481 e. The monoisotopic (exact) mass is 525 g/mol. The van der Waals surface area contributed by atoms with E-state index in [9.17, 15) is 31.1 Å². The Morgan fingerprint density at radius 2 is 1.86 bits per heavy atom. The van der Waals surface area contributed by atoms with E-state index >= 15 is 0 Å². The van der Waals surface area contributed by atoms with Crippen molar-refractivity contribution in [3.05, 3.63) is 60.0 Å². The fourth-order valence-electron chi connectivity index (χ4n) is 3.91. The molecule has 196 valence electrons. The number of carbonyl (C=O) groups excluding carboxylic acids is 1. The minimum atomic E-state index is -4.99. The maximum absolute atomic E-state index is 13.7. The topological polar surface area (TPSA) is 83.3 Å². The van der Waals surface area contributed by atoms with E-state index in [0.29, 0.717) is 41.9 Å². The van der Waals surface area contributed by atoms with Gasteiger partial charge in [-0.05, 0) is 37.3 Å².